The third kappa shape index (κ3) is 3.86. The topological polar surface area (TPSA) is 12.4 Å². The van der Waals surface area contributed by atoms with Crippen molar-refractivity contribution in [3.05, 3.63) is 71.8 Å². The smallest absolute Gasteiger partial charge is 0.129 e. The second kappa shape index (κ2) is 6.18. The number of aryl methyl sites for hydroxylation is 1. The lowest BCUT2D eigenvalue weighted by Crippen LogP contribution is -1.79. The van der Waals surface area contributed by atoms with Gasteiger partial charge in [0.1, 0.15) is 5.17 Å². The fraction of sp³-hybridized carbons (Fsp3) is 0.0625. The number of benzene rings is 2. The highest BCUT2D eigenvalue weighted by Crippen LogP contribution is 2.14. The first kappa shape index (κ1) is 12.6. The lowest BCUT2D eigenvalue weighted by atomic mass is 10.2. The molecule has 2 heteroatoms. The zero-order valence-corrected chi connectivity index (χ0v) is 10.9. The first-order valence-corrected chi connectivity index (χ1v) is 6.16. The van der Waals surface area contributed by atoms with Crippen LogP contribution in [0.4, 0.5) is 5.69 Å². The molecule has 0 heterocycles. The molecule has 0 aliphatic carbocycles. The first-order chi connectivity index (χ1) is 8.74. The van der Waals surface area contributed by atoms with E-state index in [0.717, 1.165) is 11.3 Å². The van der Waals surface area contributed by atoms with E-state index in [4.69, 9.17) is 11.6 Å². The molecule has 2 aromatic rings. The molecule has 2 aromatic carbocycles. The van der Waals surface area contributed by atoms with E-state index in [1.807, 2.05) is 67.6 Å². The molecule has 0 N–H and O–H groups in total. The quantitative estimate of drug-likeness (QED) is 0.686. The van der Waals surface area contributed by atoms with Crippen molar-refractivity contribution >= 4 is 28.5 Å². The minimum absolute atomic E-state index is 0.475. The van der Waals surface area contributed by atoms with Crippen LogP contribution in [0.15, 0.2) is 65.7 Å². The molecular weight excluding hydrogens is 242 g/mol. The highest BCUT2D eigenvalue weighted by molar-refractivity contribution is 6.69. The Bertz CT molecular complexity index is 553. The van der Waals surface area contributed by atoms with Gasteiger partial charge in [0.2, 0.25) is 0 Å². The van der Waals surface area contributed by atoms with E-state index >= 15 is 0 Å². The predicted molar refractivity (Wildman–Crippen MR) is 79.6 cm³/mol. The SMILES string of the molecule is Cc1ccc(N=C(Cl)C=Cc2ccccc2)cc1. The van der Waals surface area contributed by atoms with Crippen LogP contribution in [0.25, 0.3) is 6.08 Å². The van der Waals surface area contributed by atoms with Gasteiger partial charge in [-0.3, -0.25) is 0 Å². The fourth-order valence-electron chi connectivity index (χ4n) is 1.51. The first-order valence-electron chi connectivity index (χ1n) is 5.78. The summed E-state index contributed by atoms with van der Waals surface area (Å²) < 4.78 is 0. The van der Waals surface area contributed by atoms with Crippen molar-refractivity contribution in [2.24, 2.45) is 4.99 Å². The second-order valence-corrected chi connectivity index (χ2v) is 4.40. The molecule has 18 heavy (non-hydrogen) atoms. The van der Waals surface area contributed by atoms with E-state index in [1.54, 1.807) is 6.08 Å². The summed E-state index contributed by atoms with van der Waals surface area (Å²) in [7, 11) is 0. The Morgan fingerprint density at radius 1 is 1.00 bits per heavy atom. The van der Waals surface area contributed by atoms with Gasteiger partial charge in [-0.05, 0) is 30.7 Å². The lowest BCUT2D eigenvalue weighted by Gasteiger charge is -1.95. The maximum atomic E-state index is 6.07. The van der Waals surface area contributed by atoms with Crippen molar-refractivity contribution in [1.29, 1.82) is 0 Å². The number of nitrogens with zero attached hydrogens (tertiary/aromatic N) is 1. The van der Waals surface area contributed by atoms with Gasteiger partial charge in [0.05, 0.1) is 5.69 Å². The highest BCUT2D eigenvalue weighted by Gasteiger charge is 1.91. The van der Waals surface area contributed by atoms with Crippen LogP contribution in [0.5, 0.6) is 0 Å². The molecule has 0 bridgehead atoms. The van der Waals surface area contributed by atoms with Gasteiger partial charge in [0, 0.05) is 0 Å². The minimum Gasteiger partial charge on any atom is -0.237 e. The van der Waals surface area contributed by atoms with Crippen molar-refractivity contribution in [3.8, 4) is 0 Å². The number of hydrogen-bond donors (Lipinski definition) is 0. The normalized spacial score (nSPS) is 12.0. The van der Waals surface area contributed by atoms with Gasteiger partial charge in [0.15, 0.2) is 0 Å². The van der Waals surface area contributed by atoms with E-state index in [9.17, 15) is 0 Å². The van der Waals surface area contributed by atoms with E-state index < -0.39 is 0 Å². The standard InChI is InChI=1S/C16H14ClN/c1-13-7-10-15(11-8-13)18-16(17)12-9-14-5-3-2-4-6-14/h2-12H,1H3. The Hall–Kier alpha value is -1.86. The van der Waals surface area contributed by atoms with Crippen LogP contribution in [0, 0.1) is 6.92 Å². The largest absolute Gasteiger partial charge is 0.237 e. The van der Waals surface area contributed by atoms with Crippen LogP contribution < -0.4 is 0 Å². The molecule has 90 valence electrons. The predicted octanol–water partition coefficient (Wildman–Crippen LogP) is 4.98. The summed E-state index contributed by atoms with van der Waals surface area (Å²) in [6.07, 6.45) is 3.75. The molecule has 0 aliphatic rings. The van der Waals surface area contributed by atoms with Crippen molar-refractivity contribution in [2.45, 2.75) is 6.92 Å². The molecule has 0 amide bonds. The van der Waals surface area contributed by atoms with E-state index in [0.29, 0.717) is 5.17 Å². The maximum absolute atomic E-state index is 6.07. The van der Waals surface area contributed by atoms with Crippen LogP contribution in [-0.2, 0) is 0 Å². The van der Waals surface area contributed by atoms with Crippen LogP contribution >= 0.6 is 11.6 Å². The number of rotatable bonds is 3. The molecule has 1 nitrogen and oxygen atoms in total. The second-order valence-electron chi connectivity index (χ2n) is 4.01. The summed E-state index contributed by atoms with van der Waals surface area (Å²) in [6.45, 7) is 2.05. The lowest BCUT2D eigenvalue weighted by molar-refractivity contribution is 1.44. The van der Waals surface area contributed by atoms with Gasteiger partial charge in [-0.2, -0.15) is 0 Å². The number of halogens is 1. The van der Waals surface area contributed by atoms with Crippen molar-refractivity contribution in [1.82, 2.24) is 0 Å². The summed E-state index contributed by atoms with van der Waals surface area (Å²) in [4.78, 5) is 4.31. The van der Waals surface area contributed by atoms with Crippen LogP contribution in [-0.4, -0.2) is 5.17 Å². The van der Waals surface area contributed by atoms with E-state index in [2.05, 4.69) is 4.99 Å². The molecule has 0 fully saturated rings. The molecule has 0 radical (unpaired) electrons. The van der Waals surface area contributed by atoms with Gasteiger partial charge >= 0.3 is 0 Å². The average Bonchev–Trinajstić information content (AvgIpc) is 2.40. The average molecular weight is 256 g/mol. The molecule has 0 spiro atoms. The zero-order chi connectivity index (χ0) is 12.8. The highest BCUT2D eigenvalue weighted by atomic mass is 35.5. The fourth-order valence-corrected chi connectivity index (χ4v) is 1.67. The monoisotopic (exact) mass is 255 g/mol. The van der Waals surface area contributed by atoms with Crippen LogP contribution in [0.2, 0.25) is 0 Å². The summed E-state index contributed by atoms with van der Waals surface area (Å²) in [5.74, 6) is 0. The Kier molecular flexibility index (Phi) is 4.32. The summed E-state index contributed by atoms with van der Waals surface area (Å²) >= 11 is 6.07. The molecular formula is C16H14ClN. The van der Waals surface area contributed by atoms with Crippen molar-refractivity contribution < 1.29 is 0 Å². The summed E-state index contributed by atoms with van der Waals surface area (Å²) in [5, 5.41) is 0.475. The summed E-state index contributed by atoms with van der Waals surface area (Å²) in [5.41, 5.74) is 3.18. The third-order valence-electron chi connectivity index (χ3n) is 2.48. The van der Waals surface area contributed by atoms with Crippen molar-refractivity contribution in [3.63, 3.8) is 0 Å². The van der Waals surface area contributed by atoms with Gasteiger partial charge in [-0.25, -0.2) is 4.99 Å². The van der Waals surface area contributed by atoms with Crippen LogP contribution in [0.1, 0.15) is 11.1 Å². The van der Waals surface area contributed by atoms with Gasteiger partial charge < -0.3 is 0 Å². The number of aliphatic imine (C=N–C) groups is 1. The van der Waals surface area contributed by atoms with Gasteiger partial charge in [-0.1, -0.05) is 65.7 Å². The summed E-state index contributed by atoms with van der Waals surface area (Å²) in [6, 6.07) is 17.9. The third-order valence-corrected chi connectivity index (χ3v) is 2.69. The van der Waals surface area contributed by atoms with Gasteiger partial charge in [-0.15, -0.1) is 0 Å². The minimum atomic E-state index is 0.475. The van der Waals surface area contributed by atoms with E-state index in [-0.39, 0.29) is 0 Å². The molecule has 0 aromatic heterocycles. The molecule has 2 rings (SSSR count). The van der Waals surface area contributed by atoms with Crippen LogP contribution in [0.3, 0.4) is 0 Å². The Labute approximate surface area is 112 Å². The molecule has 0 saturated carbocycles. The molecule has 0 atom stereocenters. The van der Waals surface area contributed by atoms with Gasteiger partial charge in [0.25, 0.3) is 0 Å². The van der Waals surface area contributed by atoms with E-state index in [1.165, 1.54) is 5.56 Å². The molecule has 0 aliphatic heterocycles. The molecule has 0 unspecified atom stereocenters. The van der Waals surface area contributed by atoms with Crippen molar-refractivity contribution in [2.75, 3.05) is 0 Å². The number of allylic oxidation sites excluding steroid dienone is 1. The number of hydrogen-bond acceptors (Lipinski definition) is 1. The Morgan fingerprint density at radius 2 is 1.67 bits per heavy atom. The Balaban J connectivity index is 2.10. The molecule has 0 saturated heterocycles. The Morgan fingerprint density at radius 3 is 2.33 bits per heavy atom. The maximum Gasteiger partial charge on any atom is 0.129 e. The zero-order valence-electron chi connectivity index (χ0n) is 10.2.